The quantitative estimate of drug-likeness (QED) is 0.537. The maximum absolute atomic E-state index is 4.01. The Balaban J connectivity index is 2.60. The van der Waals surface area contributed by atoms with E-state index in [1.165, 1.54) is 5.57 Å². The van der Waals surface area contributed by atoms with Gasteiger partial charge < -0.3 is 5.32 Å². The van der Waals surface area contributed by atoms with Gasteiger partial charge in [0.2, 0.25) is 0 Å². The molecule has 0 atom stereocenters. The number of rotatable bonds is 4. The SMILES string of the molecule is C=N/C(=C\C=C(\C)C1CNC1)C(C)C. The van der Waals surface area contributed by atoms with E-state index in [1.807, 2.05) is 0 Å². The molecule has 1 heterocycles. The van der Waals surface area contributed by atoms with Crippen molar-refractivity contribution in [2.45, 2.75) is 20.8 Å². The second-order valence-corrected chi connectivity index (χ2v) is 4.17. The summed E-state index contributed by atoms with van der Waals surface area (Å²) in [6.07, 6.45) is 4.26. The summed E-state index contributed by atoms with van der Waals surface area (Å²) in [6.45, 7) is 12.3. The maximum atomic E-state index is 4.01. The fourth-order valence-corrected chi connectivity index (χ4v) is 1.39. The van der Waals surface area contributed by atoms with E-state index < -0.39 is 0 Å². The minimum atomic E-state index is 0.455. The summed E-state index contributed by atoms with van der Waals surface area (Å²) in [5, 5.41) is 3.27. The number of hydrogen-bond acceptors (Lipinski definition) is 2. The highest BCUT2D eigenvalue weighted by Crippen LogP contribution is 2.16. The van der Waals surface area contributed by atoms with Crippen LogP contribution in [0.5, 0.6) is 0 Å². The molecule has 0 bridgehead atoms. The fourth-order valence-electron chi connectivity index (χ4n) is 1.39. The molecule has 1 saturated heterocycles. The van der Waals surface area contributed by atoms with E-state index in [9.17, 15) is 0 Å². The average molecular weight is 192 g/mol. The molecule has 1 aliphatic rings. The number of allylic oxidation sites excluding steroid dienone is 3. The lowest BCUT2D eigenvalue weighted by Gasteiger charge is -2.27. The first-order valence-corrected chi connectivity index (χ1v) is 5.21. The fraction of sp³-hybridized carbons (Fsp3) is 0.583. The molecule has 0 spiro atoms. The van der Waals surface area contributed by atoms with Gasteiger partial charge >= 0.3 is 0 Å². The second-order valence-electron chi connectivity index (χ2n) is 4.17. The summed E-state index contributed by atoms with van der Waals surface area (Å²) in [6, 6.07) is 0. The highest BCUT2D eigenvalue weighted by atomic mass is 14.9. The third-order valence-electron chi connectivity index (χ3n) is 2.72. The van der Waals surface area contributed by atoms with Crippen LogP contribution in [-0.2, 0) is 0 Å². The first-order chi connectivity index (χ1) is 6.65. The minimum absolute atomic E-state index is 0.455. The smallest absolute Gasteiger partial charge is 0.0421 e. The molecule has 2 nitrogen and oxygen atoms in total. The van der Waals surface area contributed by atoms with Crippen molar-refractivity contribution in [3.05, 3.63) is 23.4 Å². The van der Waals surface area contributed by atoms with E-state index >= 15 is 0 Å². The van der Waals surface area contributed by atoms with E-state index in [0.29, 0.717) is 5.92 Å². The lowest BCUT2D eigenvalue weighted by molar-refractivity contribution is 0.399. The third-order valence-corrected chi connectivity index (χ3v) is 2.72. The molecule has 1 rings (SSSR count). The van der Waals surface area contributed by atoms with Gasteiger partial charge in [-0.15, -0.1) is 0 Å². The van der Waals surface area contributed by atoms with Gasteiger partial charge in [-0.2, -0.15) is 0 Å². The van der Waals surface area contributed by atoms with Crippen molar-refractivity contribution >= 4 is 6.72 Å². The lowest BCUT2D eigenvalue weighted by Crippen LogP contribution is -2.42. The summed E-state index contributed by atoms with van der Waals surface area (Å²) >= 11 is 0. The summed E-state index contributed by atoms with van der Waals surface area (Å²) < 4.78 is 0. The maximum Gasteiger partial charge on any atom is 0.0421 e. The zero-order chi connectivity index (χ0) is 10.6. The molecule has 2 heteroatoms. The van der Waals surface area contributed by atoms with Crippen LogP contribution in [-0.4, -0.2) is 19.8 Å². The summed E-state index contributed by atoms with van der Waals surface area (Å²) in [7, 11) is 0. The zero-order valence-electron chi connectivity index (χ0n) is 9.38. The zero-order valence-corrected chi connectivity index (χ0v) is 9.38. The Morgan fingerprint density at radius 3 is 2.43 bits per heavy atom. The van der Waals surface area contributed by atoms with Gasteiger partial charge in [0, 0.05) is 24.7 Å². The summed E-state index contributed by atoms with van der Waals surface area (Å²) in [5.41, 5.74) is 2.50. The molecule has 0 aromatic heterocycles. The average Bonchev–Trinajstić information content (AvgIpc) is 2.01. The number of aliphatic imine (C=N–C) groups is 1. The predicted molar refractivity (Wildman–Crippen MR) is 62.6 cm³/mol. The summed E-state index contributed by atoms with van der Waals surface area (Å²) in [5.74, 6) is 1.18. The van der Waals surface area contributed by atoms with Gasteiger partial charge in [0.15, 0.2) is 0 Å². The molecule has 0 unspecified atom stereocenters. The van der Waals surface area contributed by atoms with Gasteiger partial charge in [-0.05, 0) is 25.6 Å². The first kappa shape index (κ1) is 11.2. The Labute approximate surface area is 86.8 Å². The predicted octanol–water partition coefficient (Wildman–Crippen LogP) is 2.39. The van der Waals surface area contributed by atoms with Crippen LogP contribution in [0.1, 0.15) is 20.8 Å². The summed E-state index contributed by atoms with van der Waals surface area (Å²) in [4.78, 5) is 4.01. The molecule has 0 aliphatic carbocycles. The molecule has 0 radical (unpaired) electrons. The van der Waals surface area contributed by atoms with Gasteiger partial charge in [0.05, 0.1) is 0 Å². The molecule has 0 aromatic carbocycles. The lowest BCUT2D eigenvalue weighted by atomic mass is 9.94. The Kier molecular flexibility index (Phi) is 4.08. The molecule has 0 amide bonds. The Hall–Kier alpha value is -0.890. The van der Waals surface area contributed by atoms with Crippen LogP contribution in [0.3, 0.4) is 0 Å². The molecule has 1 fully saturated rings. The third kappa shape index (κ3) is 2.81. The van der Waals surface area contributed by atoms with E-state index in [4.69, 9.17) is 0 Å². The molecule has 1 N–H and O–H groups in total. The Bertz CT molecular complexity index is 257. The highest BCUT2D eigenvalue weighted by molar-refractivity contribution is 5.31. The normalized spacial score (nSPS) is 19.7. The standard InChI is InChI=1S/C12H20N2/c1-9(2)12(13-4)6-5-10(3)11-7-14-8-11/h5-6,9,11,14H,4,7-8H2,1-3H3/b10-5-,12-6-. The topological polar surface area (TPSA) is 24.4 Å². The van der Waals surface area contributed by atoms with Crippen LogP contribution < -0.4 is 5.32 Å². The van der Waals surface area contributed by atoms with Crippen molar-refractivity contribution in [2.75, 3.05) is 13.1 Å². The highest BCUT2D eigenvalue weighted by Gasteiger charge is 2.17. The Morgan fingerprint density at radius 1 is 1.43 bits per heavy atom. The van der Waals surface area contributed by atoms with Crippen LogP contribution in [0.2, 0.25) is 0 Å². The minimum Gasteiger partial charge on any atom is -0.315 e. The van der Waals surface area contributed by atoms with Gasteiger partial charge in [0.25, 0.3) is 0 Å². The molecule has 0 saturated carbocycles. The van der Waals surface area contributed by atoms with Crippen LogP contribution in [0.15, 0.2) is 28.4 Å². The molecule has 1 aliphatic heterocycles. The Morgan fingerprint density at radius 2 is 2.07 bits per heavy atom. The van der Waals surface area contributed by atoms with Crippen molar-refractivity contribution < 1.29 is 0 Å². The van der Waals surface area contributed by atoms with E-state index in [-0.39, 0.29) is 0 Å². The van der Waals surface area contributed by atoms with Crippen LogP contribution in [0.25, 0.3) is 0 Å². The van der Waals surface area contributed by atoms with Crippen molar-refractivity contribution in [3.63, 3.8) is 0 Å². The van der Waals surface area contributed by atoms with E-state index in [1.54, 1.807) is 0 Å². The van der Waals surface area contributed by atoms with Crippen molar-refractivity contribution in [3.8, 4) is 0 Å². The number of hydrogen-bond donors (Lipinski definition) is 1. The molecule has 0 aromatic rings. The molecule has 78 valence electrons. The monoisotopic (exact) mass is 192 g/mol. The van der Waals surface area contributed by atoms with Gasteiger partial charge in [-0.3, -0.25) is 4.99 Å². The van der Waals surface area contributed by atoms with Crippen molar-refractivity contribution in [1.29, 1.82) is 0 Å². The van der Waals surface area contributed by atoms with Crippen molar-refractivity contribution in [2.24, 2.45) is 16.8 Å². The molecular weight excluding hydrogens is 172 g/mol. The van der Waals surface area contributed by atoms with E-state index in [0.717, 1.165) is 24.7 Å². The largest absolute Gasteiger partial charge is 0.315 e. The number of nitrogens with zero attached hydrogens (tertiary/aromatic N) is 1. The van der Waals surface area contributed by atoms with E-state index in [2.05, 4.69) is 49.9 Å². The second kappa shape index (κ2) is 5.11. The van der Waals surface area contributed by atoms with Gasteiger partial charge in [-0.25, -0.2) is 0 Å². The van der Waals surface area contributed by atoms with Crippen molar-refractivity contribution in [1.82, 2.24) is 5.32 Å². The number of nitrogens with one attached hydrogen (secondary N) is 1. The molecule has 14 heavy (non-hydrogen) atoms. The van der Waals surface area contributed by atoms with Gasteiger partial charge in [-0.1, -0.05) is 25.5 Å². The molecular formula is C12H20N2. The van der Waals surface area contributed by atoms with Crippen LogP contribution >= 0.6 is 0 Å². The first-order valence-electron chi connectivity index (χ1n) is 5.21. The van der Waals surface area contributed by atoms with Gasteiger partial charge in [0.1, 0.15) is 0 Å². The van der Waals surface area contributed by atoms with Crippen LogP contribution in [0.4, 0.5) is 0 Å². The van der Waals surface area contributed by atoms with Crippen LogP contribution in [0, 0.1) is 11.8 Å².